The number of thioether (sulfide) groups is 2. The Labute approximate surface area is 608 Å². The molecule has 0 aliphatic carbocycles. The van der Waals surface area contributed by atoms with Crippen molar-refractivity contribution in [1.82, 2.24) is 0 Å². The smallest absolute Gasteiger partial charge is 0.433 e. The third kappa shape index (κ3) is 23.5. The molecule has 8 aromatic carbocycles. The first-order valence-corrected chi connectivity index (χ1v) is 41.3. The second-order valence-corrected chi connectivity index (χ2v) is 34.0. The van der Waals surface area contributed by atoms with E-state index in [1.807, 2.05) is 0 Å². The highest BCUT2D eigenvalue weighted by Crippen LogP contribution is 2.48. The van der Waals surface area contributed by atoms with Crippen LogP contribution in [0.2, 0.25) is 0 Å². The van der Waals surface area contributed by atoms with Gasteiger partial charge in [0.1, 0.15) is 59.6 Å². The number of phenols is 2. The van der Waals surface area contributed by atoms with Crippen molar-refractivity contribution >= 4 is 183 Å². The number of anilines is 2. The number of azo groups is 4. The van der Waals surface area contributed by atoms with Crippen LogP contribution in [0.5, 0.6) is 11.5 Å². The van der Waals surface area contributed by atoms with Gasteiger partial charge in [-0.25, -0.2) is 16.8 Å². The van der Waals surface area contributed by atoms with Crippen molar-refractivity contribution in [3.8, 4) is 34.2 Å². The molecule has 0 amide bonds. The van der Waals surface area contributed by atoms with Crippen molar-refractivity contribution in [3.63, 3.8) is 0 Å². The molecule has 0 heterocycles. The first-order chi connectivity index (χ1) is 48.5. The molecule has 0 fully saturated rings. The summed E-state index contributed by atoms with van der Waals surface area (Å²) in [6, 6.07) is 23.1. The third-order valence-electron chi connectivity index (χ3n) is 13.3. The van der Waals surface area contributed by atoms with Crippen molar-refractivity contribution in [2.24, 2.45) is 40.9 Å². The third-order valence-corrected chi connectivity index (χ3v) is 21.7. The molecule has 8 rings (SSSR count). The molecule has 0 spiro atoms. The second kappa shape index (κ2) is 34.8. The van der Waals surface area contributed by atoms with Gasteiger partial charge in [-0.05, 0) is 160 Å². The van der Waals surface area contributed by atoms with Gasteiger partial charge in [0.2, 0.25) is 0 Å². The summed E-state index contributed by atoms with van der Waals surface area (Å²) < 4.78 is 266. The fraction of sp³-hybridized carbons (Fsp3) is 0.127. The summed E-state index contributed by atoms with van der Waals surface area (Å²) in [4.78, 5) is 3.91. The molecule has 566 valence electrons. The van der Waals surface area contributed by atoms with Crippen LogP contribution in [0.15, 0.2) is 197 Å². The summed E-state index contributed by atoms with van der Waals surface area (Å²) in [5.74, 6) is -3.43. The van der Waals surface area contributed by atoms with Gasteiger partial charge in [0.15, 0.2) is 43.4 Å². The molecule has 0 saturated carbocycles. The number of aryl methyl sites for hydroxylation is 1. The fourth-order valence-electron chi connectivity index (χ4n) is 8.68. The van der Waals surface area contributed by atoms with Crippen molar-refractivity contribution in [3.05, 3.63) is 127 Å². The number of fused-ring (bicyclic) bond motifs is 2. The molecule has 16 N–H and O–H groups in total. The summed E-state index contributed by atoms with van der Waals surface area (Å²) in [6.45, 7) is -0.184. The lowest BCUT2D eigenvalue weighted by atomic mass is 10.1. The van der Waals surface area contributed by atoms with Crippen LogP contribution >= 0.6 is 23.5 Å². The number of nitrogens with zero attached hydrogens (tertiary/aromatic N) is 8. The van der Waals surface area contributed by atoms with Crippen LogP contribution in [0.4, 0.5) is 56.9 Å². The van der Waals surface area contributed by atoms with Crippen molar-refractivity contribution in [2.45, 2.75) is 53.5 Å². The molecule has 0 atom stereocenters. The Morgan fingerprint density at radius 3 is 1.29 bits per heavy atom. The Hall–Kier alpha value is -9.54. The summed E-state index contributed by atoms with van der Waals surface area (Å²) in [6.07, 6.45) is 3.48. The van der Waals surface area contributed by atoms with E-state index in [-0.39, 0.29) is 101 Å². The quantitative estimate of drug-likeness (QED) is 0.00308. The lowest BCUT2D eigenvalue weighted by molar-refractivity contribution is -0.135. The van der Waals surface area contributed by atoms with E-state index < -0.39 is 158 Å². The lowest BCUT2D eigenvalue weighted by Crippen LogP contribution is -2.16. The Kier molecular flexibility index (Phi) is 28.0. The van der Waals surface area contributed by atoms with Crippen LogP contribution in [0.1, 0.15) is 18.4 Å². The Bertz CT molecular complexity index is 6000. The number of sulfone groups is 2. The molecule has 8 aromatic rings. The predicted molar refractivity (Wildman–Crippen MR) is 373 cm³/mol. The van der Waals surface area contributed by atoms with Crippen LogP contribution in [0, 0.1) is 22.7 Å². The number of rotatable bonds is 29. The van der Waals surface area contributed by atoms with Crippen molar-refractivity contribution < 1.29 is 139 Å². The number of nitrogens with two attached hydrogens (primary N) is 2. The number of hydrogen-bond acceptors (Lipinski definition) is 35. The average molecular weight is 1670 g/mol. The molecular formula is C55H50N10O31S10. The first-order valence-electron chi connectivity index (χ1n) is 27.7. The number of aromatic hydroxyl groups is 2. The number of nitrogen functional groups attached to an aromatic ring is 2. The molecule has 41 nitrogen and oxygen atoms in total. The molecule has 0 radical (unpaired) electrons. The van der Waals surface area contributed by atoms with Gasteiger partial charge in [0.25, 0.3) is 40.5 Å². The van der Waals surface area contributed by atoms with Gasteiger partial charge in [0.05, 0.1) is 39.2 Å². The average Bonchev–Trinajstić information content (AvgIpc) is 0.759. The number of benzene rings is 8. The van der Waals surface area contributed by atoms with E-state index in [9.17, 15) is 95.8 Å². The maximum absolute atomic E-state index is 13.4. The first kappa shape index (κ1) is 85.4. The second-order valence-electron chi connectivity index (χ2n) is 20.5. The van der Waals surface area contributed by atoms with Crippen LogP contribution in [-0.2, 0) is 111 Å². The highest BCUT2D eigenvalue weighted by atomic mass is 32.3. The maximum Gasteiger partial charge on any atom is 0.433 e. The van der Waals surface area contributed by atoms with Gasteiger partial charge in [0, 0.05) is 48.4 Å². The Balaban J connectivity index is 0.00000880. The van der Waals surface area contributed by atoms with Gasteiger partial charge in [-0.3, -0.25) is 37.1 Å². The molecule has 0 aromatic heterocycles. The van der Waals surface area contributed by atoms with E-state index in [2.05, 4.69) is 69.9 Å². The van der Waals surface area contributed by atoms with E-state index in [1.165, 1.54) is 78.9 Å². The number of hydrogen-bond donors (Lipinski definition) is 10. The number of phenolic OH excluding ortho intramolecular Hbond substituents is 2. The number of unbranched alkanes of at least 4 members (excludes halogenated alkanes) is 1. The molecule has 0 aliphatic rings. The van der Waals surface area contributed by atoms with Gasteiger partial charge in [-0.15, -0.1) is 30.7 Å². The van der Waals surface area contributed by atoms with E-state index in [4.69, 9.17) is 25.3 Å². The van der Waals surface area contributed by atoms with E-state index in [0.29, 0.717) is 29.1 Å². The summed E-state index contributed by atoms with van der Waals surface area (Å²) in [5.41, 5.74) is 8.75. The molecule has 106 heavy (non-hydrogen) atoms. The SMILES string of the molecule is Nc1ccc2c(O)c(N=Nc3ccc(CCS(=O)(=O)COCCCCS(=O)(=O)c4cccc(N=Nc5c(S(=O)(=O)O)cc6c(N=Nc7ccc(SC#COOS(=O)(=O)O)cc7S(=O)(=O)O)c(N)ccc6c5O)c4)cc3)c(S(=O)(=O)O)cc2c1N=Nc1ccc(SC#COOS(=O)(=O)O)cc1S(=O)(=O)O.O.O. The number of ether oxygens (including phenoxy) is 1. The topological polar surface area (TPSA) is 695 Å². The Morgan fingerprint density at radius 1 is 0.425 bits per heavy atom. The van der Waals surface area contributed by atoms with Gasteiger partial charge >= 0.3 is 20.8 Å². The molecule has 0 bridgehead atoms. The van der Waals surface area contributed by atoms with E-state index >= 15 is 0 Å². The van der Waals surface area contributed by atoms with Crippen LogP contribution in [0.3, 0.4) is 0 Å². The standard InChI is InChI=1S/C55H46N10O29S10.2H2O/c56-42-14-12-38-40(50(42)62-60-44-16-10-35(27-46(44)99(72,73)74)95-22-20-91-93-103(84,85)86)29-48(101(78,79)80)52(54(38)66)64-58-33-8-6-32(7-9-33)18-25-97(68,69)31-90-19-1-2-24-98(70,71)37-5-3-4-34(26-37)59-65-53-49(102(81,82)83)30-41-39(55(53)67)13-15-43(57)51(41)63-61-45-17-11-36(28-47(45)100(75,76)77)96-23-21-92-94-104(87,88)89;;/h3-17,26-30,66-67H,1-2,18-19,24-25,31,56-57H2,(H,72,73,74)(H,75,76,77)(H,78,79,80)(H,81,82,83)(H,84,85,86)(H,87,88,89);2*1H2. The minimum Gasteiger partial charge on any atom is -0.505 e. The molecule has 0 unspecified atom stereocenters. The van der Waals surface area contributed by atoms with E-state index in [0.717, 1.165) is 42.5 Å². The molecule has 0 aliphatic heterocycles. The van der Waals surface area contributed by atoms with Crippen LogP contribution in [0.25, 0.3) is 21.5 Å². The van der Waals surface area contributed by atoms with Gasteiger partial charge in [-0.1, -0.05) is 18.2 Å². The lowest BCUT2D eigenvalue weighted by Gasteiger charge is -2.12. The molecule has 0 saturated heterocycles. The highest BCUT2D eigenvalue weighted by Gasteiger charge is 2.28. The highest BCUT2D eigenvalue weighted by molar-refractivity contribution is 8.04. The molecule has 51 heteroatoms. The zero-order chi connectivity index (χ0) is 76.4. The minimum atomic E-state index is -5.31. The normalized spacial score (nSPS) is 12.6. The summed E-state index contributed by atoms with van der Waals surface area (Å²) in [7, 11) is -38.7. The Morgan fingerprint density at radius 2 is 0.858 bits per heavy atom. The molecular weight excluding hydrogens is 1620 g/mol. The fourth-order valence-corrected chi connectivity index (χ4v) is 15.1. The monoisotopic (exact) mass is 1670 g/mol. The van der Waals surface area contributed by atoms with Gasteiger partial charge < -0.3 is 37.4 Å². The van der Waals surface area contributed by atoms with Gasteiger partial charge in [-0.2, -0.15) is 60.7 Å². The maximum atomic E-state index is 13.4. The van der Waals surface area contributed by atoms with Crippen LogP contribution < -0.4 is 11.5 Å². The van der Waals surface area contributed by atoms with Crippen LogP contribution in [-0.4, -0.2) is 140 Å². The zero-order valence-electron chi connectivity index (χ0n) is 52.5. The zero-order valence-corrected chi connectivity index (χ0v) is 60.6. The largest absolute Gasteiger partial charge is 0.505 e. The van der Waals surface area contributed by atoms with Crippen molar-refractivity contribution in [1.29, 1.82) is 0 Å². The van der Waals surface area contributed by atoms with E-state index in [1.54, 1.807) is 12.2 Å². The predicted octanol–water partition coefficient (Wildman–Crippen LogP) is 8.28. The van der Waals surface area contributed by atoms with Crippen molar-refractivity contribution in [2.75, 3.05) is 35.5 Å². The minimum absolute atomic E-state index is 0. The summed E-state index contributed by atoms with van der Waals surface area (Å²) >= 11 is 1.08. The summed E-state index contributed by atoms with van der Waals surface area (Å²) in [5, 5.41) is 57.3.